The van der Waals surface area contributed by atoms with Crippen LogP contribution in [0.25, 0.3) is 0 Å². The van der Waals surface area contributed by atoms with Crippen LogP contribution in [-0.2, 0) is 57.1 Å². The van der Waals surface area contributed by atoms with Crippen molar-refractivity contribution in [3.8, 4) is 0 Å². The van der Waals surface area contributed by atoms with E-state index in [4.69, 9.17) is 37.9 Å². The number of hydrogen-bond donors (Lipinski definition) is 3. The van der Waals surface area contributed by atoms with E-state index in [1.165, 1.54) is 13.2 Å². The van der Waals surface area contributed by atoms with Crippen LogP contribution in [0.3, 0.4) is 0 Å². The number of aliphatic hydroxyl groups excluding tert-OH is 2. The Bertz CT molecular complexity index is 1310. The monoisotopic (exact) mass is 782 g/mol. The van der Waals surface area contributed by atoms with E-state index in [0.717, 1.165) is 31.8 Å². The summed E-state index contributed by atoms with van der Waals surface area (Å²) in [4.78, 5) is 51.4. The Morgan fingerprint density at radius 1 is 1.00 bits per heavy atom. The van der Waals surface area contributed by atoms with Gasteiger partial charge in [-0.3, -0.25) is 14.4 Å². The molecule has 55 heavy (non-hydrogen) atoms. The first-order valence-corrected chi connectivity index (χ1v) is 19.4. The van der Waals surface area contributed by atoms with Crippen molar-refractivity contribution in [1.29, 1.82) is 0 Å². The van der Waals surface area contributed by atoms with Gasteiger partial charge in [0.25, 0.3) is 0 Å². The summed E-state index contributed by atoms with van der Waals surface area (Å²) in [5, 5.41) is 33.4. The third-order valence-electron chi connectivity index (χ3n) is 9.88. The molecule has 15 heteroatoms. The molecule has 0 spiro atoms. The second-order valence-corrected chi connectivity index (χ2v) is 14.9. The van der Waals surface area contributed by atoms with Crippen LogP contribution in [0.1, 0.15) is 104 Å². The highest BCUT2D eigenvalue weighted by Gasteiger charge is 2.57. The molecule has 0 amide bonds. The number of methoxy groups -OCH3 is 1. The molecule has 2 saturated heterocycles. The standard InChI is InChI=1S/C40H62O15/c1-6-8-9-10-11-12-33(43)54-38-27(21-34(44)48-5)20-31-24-32(26-41)51-36(46)22-28(42)14-18-49-19-15-29-23-30(25-35(45)50-17-7-2)53-37(52-29)13-16-39(3,4)40(38,47)55-31/h7,13,16,21,28-32,37-38,41-42,47H,2,6,8-12,14-15,17-20,22-26H2,1,3-5H3/b16-13+,27-21+/t28-,29-,30-,31?,32-,37-,38+,40-/m1/s1. The van der Waals surface area contributed by atoms with E-state index in [1.54, 1.807) is 26.0 Å². The van der Waals surface area contributed by atoms with Gasteiger partial charge in [0, 0.05) is 44.0 Å². The molecule has 3 rings (SSSR count). The molecule has 4 bridgehead atoms. The van der Waals surface area contributed by atoms with Gasteiger partial charge in [0.1, 0.15) is 12.7 Å². The van der Waals surface area contributed by atoms with Crippen molar-refractivity contribution in [1.82, 2.24) is 0 Å². The van der Waals surface area contributed by atoms with Crippen LogP contribution in [0, 0.1) is 5.41 Å². The molecule has 0 radical (unpaired) electrons. The number of esters is 4. The Balaban J connectivity index is 2.04. The number of aliphatic hydroxyl groups is 3. The molecule has 8 atom stereocenters. The molecule has 3 N–H and O–H groups in total. The van der Waals surface area contributed by atoms with Gasteiger partial charge >= 0.3 is 23.9 Å². The normalized spacial score (nSPS) is 32.0. The smallest absolute Gasteiger partial charge is 0.330 e. The van der Waals surface area contributed by atoms with E-state index >= 15 is 0 Å². The number of hydrogen-bond acceptors (Lipinski definition) is 15. The quantitative estimate of drug-likeness (QED) is 0.0798. The van der Waals surface area contributed by atoms with Crippen molar-refractivity contribution in [3.05, 3.63) is 36.5 Å². The Morgan fingerprint density at radius 3 is 2.44 bits per heavy atom. The molecule has 0 saturated carbocycles. The number of carbonyl (C=O) groups is 4. The lowest BCUT2D eigenvalue weighted by molar-refractivity contribution is -0.327. The molecule has 15 nitrogen and oxygen atoms in total. The van der Waals surface area contributed by atoms with Crippen LogP contribution in [0.5, 0.6) is 0 Å². The third-order valence-corrected chi connectivity index (χ3v) is 9.88. The second kappa shape index (κ2) is 23.1. The molecule has 3 heterocycles. The predicted molar refractivity (Wildman–Crippen MR) is 197 cm³/mol. The van der Waals surface area contributed by atoms with Crippen LogP contribution in [-0.4, -0.2) is 121 Å². The van der Waals surface area contributed by atoms with Crippen molar-refractivity contribution in [2.75, 3.05) is 33.5 Å². The topological polar surface area (TPSA) is 203 Å². The largest absolute Gasteiger partial charge is 0.466 e. The van der Waals surface area contributed by atoms with Crippen molar-refractivity contribution in [3.63, 3.8) is 0 Å². The highest BCUT2D eigenvalue weighted by Crippen LogP contribution is 2.47. The minimum Gasteiger partial charge on any atom is -0.466 e. The zero-order chi connectivity index (χ0) is 40.4. The second-order valence-electron chi connectivity index (χ2n) is 14.9. The molecular formula is C40H62O15. The van der Waals surface area contributed by atoms with Gasteiger partial charge in [-0.1, -0.05) is 65.2 Å². The molecule has 3 aliphatic heterocycles. The van der Waals surface area contributed by atoms with E-state index in [9.17, 15) is 34.5 Å². The van der Waals surface area contributed by atoms with Gasteiger partial charge in [0.05, 0.1) is 51.0 Å². The molecule has 1 unspecified atom stereocenters. The van der Waals surface area contributed by atoms with E-state index in [-0.39, 0.29) is 63.9 Å². The summed E-state index contributed by atoms with van der Waals surface area (Å²) in [6, 6.07) is 0. The summed E-state index contributed by atoms with van der Waals surface area (Å²) in [6.45, 7) is 8.80. The lowest BCUT2D eigenvalue weighted by Gasteiger charge is -2.51. The third kappa shape index (κ3) is 15.0. The number of fused-ring (bicyclic) bond motifs is 4. The van der Waals surface area contributed by atoms with Gasteiger partial charge in [-0.25, -0.2) is 4.79 Å². The van der Waals surface area contributed by atoms with Crippen molar-refractivity contribution in [2.24, 2.45) is 5.41 Å². The molecule has 0 aliphatic carbocycles. The first kappa shape index (κ1) is 46.2. The van der Waals surface area contributed by atoms with Crippen molar-refractivity contribution >= 4 is 23.9 Å². The van der Waals surface area contributed by atoms with Gasteiger partial charge in [-0.2, -0.15) is 0 Å². The highest BCUT2D eigenvalue weighted by molar-refractivity contribution is 5.83. The fourth-order valence-electron chi connectivity index (χ4n) is 6.74. The highest BCUT2D eigenvalue weighted by atomic mass is 16.7. The average molecular weight is 783 g/mol. The number of rotatable bonds is 13. The number of carbonyl (C=O) groups excluding carboxylic acids is 4. The van der Waals surface area contributed by atoms with Gasteiger partial charge in [0.2, 0.25) is 5.79 Å². The summed E-state index contributed by atoms with van der Waals surface area (Å²) < 4.78 is 46.1. The van der Waals surface area contributed by atoms with Gasteiger partial charge in [-0.05, 0) is 37.3 Å². The number of cyclic esters (lactones) is 1. The minimum atomic E-state index is -2.35. The summed E-state index contributed by atoms with van der Waals surface area (Å²) in [5.41, 5.74) is -1.22. The van der Waals surface area contributed by atoms with Crippen molar-refractivity contribution < 1.29 is 72.4 Å². The molecule has 0 aromatic heterocycles. The molecule has 2 fully saturated rings. The Morgan fingerprint density at radius 2 is 1.73 bits per heavy atom. The maximum absolute atomic E-state index is 13.3. The van der Waals surface area contributed by atoms with Gasteiger partial charge in [-0.15, -0.1) is 0 Å². The summed E-state index contributed by atoms with van der Waals surface area (Å²) in [5.74, 6) is -4.94. The van der Waals surface area contributed by atoms with E-state index in [0.29, 0.717) is 19.3 Å². The Hall–Kier alpha value is -3.18. The first-order chi connectivity index (χ1) is 26.2. The lowest BCUT2D eigenvalue weighted by atomic mass is 9.74. The number of unbranched alkanes of at least 4 members (excludes halogenated alkanes) is 4. The maximum Gasteiger partial charge on any atom is 0.330 e. The van der Waals surface area contributed by atoms with Gasteiger partial charge < -0.3 is 53.2 Å². The van der Waals surface area contributed by atoms with Crippen LogP contribution < -0.4 is 0 Å². The Kier molecular flexibility index (Phi) is 19.4. The maximum atomic E-state index is 13.3. The zero-order valence-corrected chi connectivity index (χ0v) is 32.8. The van der Waals surface area contributed by atoms with E-state index in [2.05, 4.69) is 13.5 Å². The fraction of sp³-hybridized carbons (Fsp3) is 0.750. The average Bonchev–Trinajstić information content (AvgIpc) is 3.13. The number of ether oxygens (including phenoxy) is 8. The molecular weight excluding hydrogens is 720 g/mol. The van der Waals surface area contributed by atoms with Gasteiger partial charge in [0.15, 0.2) is 12.4 Å². The van der Waals surface area contributed by atoms with E-state index in [1.807, 2.05) is 0 Å². The lowest BCUT2D eigenvalue weighted by Crippen LogP contribution is -2.62. The van der Waals surface area contributed by atoms with Crippen LogP contribution in [0.15, 0.2) is 36.5 Å². The van der Waals surface area contributed by atoms with Crippen molar-refractivity contribution in [2.45, 2.75) is 153 Å². The zero-order valence-electron chi connectivity index (χ0n) is 32.8. The summed E-state index contributed by atoms with van der Waals surface area (Å²) >= 11 is 0. The molecule has 0 aromatic carbocycles. The summed E-state index contributed by atoms with van der Waals surface area (Å²) in [6.07, 6.45) is 3.96. The summed E-state index contributed by atoms with van der Waals surface area (Å²) in [7, 11) is 1.19. The molecule has 312 valence electrons. The van der Waals surface area contributed by atoms with Crippen LogP contribution in [0.4, 0.5) is 0 Å². The first-order valence-electron chi connectivity index (χ1n) is 19.4. The van der Waals surface area contributed by atoms with Crippen LogP contribution >= 0.6 is 0 Å². The predicted octanol–water partition coefficient (Wildman–Crippen LogP) is 3.89. The molecule has 3 aliphatic rings. The van der Waals surface area contributed by atoms with Crippen LogP contribution in [0.2, 0.25) is 0 Å². The SMILES string of the molecule is C=CCOC(=O)C[C@H]1C[C@H]2CCOCC[C@@H](O)CC(=O)O[C@@H](CO)CC3C/C(=C\C(=O)OC)[C@H](OC(=O)CCCCCCC)[C@@](O)(O3)C(C)(C)/C=C/[C@H](O2)O1. The fourth-order valence-corrected chi connectivity index (χ4v) is 6.74. The minimum absolute atomic E-state index is 0.0516. The molecule has 0 aromatic rings. The Labute approximate surface area is 324 Å². The van der Waals surface area contributed by atoms with E-state index < -0.39 is 84.6 Å².